The van der Waals surface area contributed by atoms with Crippen LogP contribution in [0, 0.1) is 6.92 Å². The molecule has 0 unspecified atom stereocenters. The lowest BCUT2D eigenvalue weighted by Crippen LogP contribution is -2.28. The van der Waals surface area contributed by atoms with Crippen molar-refractivity contribution in [3.05, 3.63) is 56.4 Å². The first-order valence-electron chi connectivity index (χ1n) is 7.19. The van der Waals surface area contributed by atoms with E-state index in [1.807, 2.05) is 38.1 Å². The molecule has 0 aliphatic rings. The number of aromatic nitrogens is 1. The van der Waals surface area contributed by atoms with E-state index >= 15 is 0 Å². The number of hydrogen-bond acceptors (Lipinski definition) is 2. The van der Waals surface area contributed by atoms with Gasteiger partial charge in [-0.15, -0.1) is 0 Å². The van der Waals surface area contributed by atoms with E-state index in [2.05, 4.69) is 15.9 Å². The van der Waals surface area contributed by atoms with Gasteiger partial charge in [0.2, 0.25) is 0 Å². The zero-order valence-corrected chi connectivity index (χ0v) is 14.2. The number of pyridine rings is 1. The standard InChI is InChI=1S/C17H18BrNO3/c1-3-4-9-19-10-11(2)14(15(16(19)20)17(21)22)12-5-7-13(18)8-6-12/h5-8,10H,3-4,9H2,1-2H3,(H,21,22). The second-order valence-electron chi connectivity index (χ2n) is 5.23. The first kappa shape index (κ1) is 16.5. The molecule has 4 nitrogen and oxygen atoms in total. The number of rotatable bonds is 5. The minimum absolute atomic E-state index is 0.154. The van der Waals surface area contributed by atoms with Crippen LogP contribution in [-0.4, -0.2) is 15.6 Å². The maximum Gasteiger partial charge on any atom is 0.341 e. The second kappa shape index (κ2) is 6.92. The summed E-state index contributed by atoms with van der Waals surface area (Å²) in [7, 11) is 0. The molecule has 1 heterocycles. The SMILES string of the molecule is CCCCn1cc(C)c(-c2ccc(Br)cc2)c(C(=O)O)c1=O. The molecule has 2 aromatic rings. The number of hydrogen-bond donors (Lipinski definition) is 1. The molecule has 0 aliphatic heterocycles. The number of aromatic carboxylic acids is 1. The molecule has 0 fully saturated rings. The van der Waals surface area contributed by atoms with Crippen molar-refractivity contribution >= 4 is 21.9 Å². The Bertz CT molecular complexity index is 748. The number of nitrogens with zero attached hydrogens (tertiary/aromatic N) is 1. The largest absolute Gasteiger partial charge is 0.477 e. The van der Waals surface area contributed by atoms with Gasteiger partial charge in [-0.2, -0.15) is 0 Å². The molecule has 0 bridgehead atoms. The summed E-state index contributed by atoms with van der Waals surface area (Å²) in [6, 6.07) is 7.30. The molecule has 0 saturated carbocycles. The van der Waals surface area contributed by atoms with Gasteiger partial charge in [0.15, 0.2) is 0 Å². The third-order valence-electron chi connectivity index (χ3n) is 3.57. The number of benzene rings is 1. The van der Waals surface area contributed by atoms with Gasteiger partial charge in [-0.3, -0.25) is 4.79 Å². The molecular weight excluding hydrogens is 346 g/mol. The summed E-state index contributed by atoms with van der Waals surface area (Å²) in [4.78, 5) is 24.1. The van der Waals surface area contributed by atoms with Crippen molar-refractivity contribution in [2.75, 3.05) is 0 Å². The first-order chi connectivity index (χ1) is 10.5. The molecule has 0 saturated heterocycles. The number of carbonyl (C=O) groups is 1. The third kappa shape index (κ3) is 3.30. The molecule has 5 heteroatoms. The van der Waals surface area contributed by atoms with Crippen LogP contribution in [-0.2, 0) is 6.54 Å². The molecule has 2 rings (SSSR count). The van der Waals surface area contributed by atoms with Crippen LogP contribution in [0.4, 0.5) is 0 Å². The van der Waals surface area contributed by atoms with Crippen molar-refractivity contribution in [1.82, 2.24) is 4.57 Å². The van der Waals surface area contributed by atoms with Crippen LogP contribution in [0.5, 0.6) is 0 Å². The van der Waals surface area contributed by atoms with Gasteiger partial charge in [-0.1, -0.05) is 41.4 Å². The van der Waals surface area contributed by atoms with Gasteiger partial charge in [0.25, 0.3) is 5.56 Å². The number of unbranched alkanes of at least 4 members (excludes halogenated alkanes) is 1. The van der Waals surface area contributed by atoms with Crippen LogP contribution >= 0.6 is 15.9 Å². The van der Waals surface area contributed by atoms with Crippen LogP contribution < -0.4 is 5.56 Å². The summed E-state index contributed by atoms with van der Waals surface area (Å²) in [5, 5.41) is 9.51. The lowest BCUT2D eigenvalue weighted by atomic mass is 9.97. The molecule has 0 amide bonds. The summed E-state index contributed by atoms with van der Waals surface area (Å²) < 4.78 is 2.41. The average Bonchev–Trinajstić information content (AvgIpc) is 2.48. The Hall–Kier alpha value is -1.88. The Balaban J connectivity index is 2.68. The molecule has 0 spiro atoms. The molecule has 0 aliphatic carbocycles. The second-order valence-corrected chi connectivity index (χ2v) is 6.14. The first-order valence-corrected chi connectivity index (χ1v) is 7.98. The summed E-state index contributed by atoms with van der Waals surface area (Å²) in [6.07, 6.45) is 3.54. The number of carboxylic acid groups (broad SMARTS) is 1. The number of aryl methyl sites for hydroxylation is 2. The van der Waals surface area contributed by atoms with Crippen LogP contribution in [0.1, 0.15) is 35.7 Å². The molecule has 116 valence electrons. The summed E-state index contributed by atoms with van der Waals surface area (Å²) in [6.45, 7) is 4.41. The predicted molar refractivity (Wildman–Crippen MR) is 90.4 cm³/mol. The molecule has 22 heavy (non-hydrogen) atoms. The van der Waals surface area contributed by atoms with Crippen LogP contribution in [0.15, 0.2) is 39.7 Å². The van der Waals surface area contributed by atoms with Gasteiger partial charge in [-0.25, -0.2) is 4.79 Å². The smallest absolute Gasteiger partial charge is 0.341 e. The van der Waals surface area contributed by atoms with Crippen molar-refractivity contribution < 1.29 is 9.90 Å². The minimum Gasteiger partial charge on any atom is -0.477 e. The normalized spacial score (nSPS) is 10.7. The Kier molecular flexibility index (Phi) is 5.19. The minimum atomic E-state index is -1.18. The Morgan fingerprint density at radius 1 is 1.27 bits per heavy atom. The van der Waals surface area contributed by atoms with Gasteiger partial charge in [0.05, 0.1) is 0 Å². The van der Waals surface area contributed by atoms with E-state index in [1.54, 1.807) is 6.20 Å². The van der Waals surface area contributed by atoms with Crippen molar-refractivity contribution in [1.29, 1.82) is 0 Å². The zero-order chi connectivity index (χ0) is 16.3. The predicted octanol–water partition coefficient (Wildman–Crippen LogP) is 4.08. The highest BCUT2D eigenvalue weighted by Gasteiger charge is 2.20. The van der Waals surface area contributed by atoms with E-state index < -0.39 is 11.5 Å². The fourth-order valence-corrected chi connectivity index (χ4v) is 2.75. The highest BCUT2D eigenvalue weighted by Crippen LogP contribution is 2.27. The lowest BCUT2D eigenvalue weighted by Gasteiger charge is -2.14. The molecule has 1 N–H and O–H groups in total. The lowest BCUT2D eigenvalue weighted by molar-refractivity contribution is 0.0695. The van der Waals surface area contributed by atoms with Crippen LogP contribution in [0.3, 0.4) is 0 Å². The molecule has 0 atom stereocenters. The molecule has 1 aromatic carbocycles. The van der Waals surface area contributed by atoms with E-state index in [9.17, 15) is 14.7 Å². The summed E-state index contributed by atoms with van der Waals surface area (Å²) in [5.74, 6) is -1.18. The average molecular weight is 364 g/mol. The highest BCUT2D eigenvalue weighted by molar-refractivity contribution is 9.10. The van der Waals surface area contributed by atoms with Crippen molar-refractivity contribution in [3.63, 3.8) is 0 Å². The maximum atomic E-state index is 12.5. The maximum absolute atomic E-state index is 12.5. The van der Waals surface area contributed by atoms with Crippen molar-refractivity contribution in [2.45, 2.75) is 33.2 Å². The quantitative estimate of drug-likeness (QED) is 0.870. The summed E-state index contributed by atoms with van der Waals surface area (Å²) >= 11 is 3.36. The number of halogens is 1. The molecule has 0 radical (unpaired) electrons. The fraction of sp³-hybridized carbons (Fsp3) is 0.294. The highest BCUT2D eigenvalue weighted by atomic mass is 79.9. The molecule has 1 aromatic heterocycles. The van der Waals surface area contributed by atoms with Gasteiger partial charge >= 0.3 is 5.97 Å². The van der Waals surface area contributed by atoms with Crippen LogP contribution in [0.25, 0.3) is 11.1 Å². The van der Waals surface area contributed by atoms with Crippen LogP contribution in [0.2, 0.25) is 0 Å². The van der Waals surface area contributed by atoms with Gasteiger partial charge in [0.1, 0.15) is 5.56 Å². The van der Waals surface area contributed by atoms with Crippen molar-refractivity contribution in [2.24, 2.45) is 0 Å². The number of carboxylic acids is 1. The van der Waals surface area contributed by atoms with Gasteiger partial charge in [-0.05, 0) is 36.6 Å². The van der Waals surface area contributed by atoms with E-state index in [0.717, 1.165) is 28.4 Å². The Morgan fingerprint density at radius 3 is 2.45 bits per heavy atom. The zero-order valence-electron chi connectivity index (χ0n) is 12.6. The monoisotopic (exact) mass is 363 g/mol. The van der Waals surface area contributed by atoms with Crippen molar-refractivity contribution in [3.8, 4) is 11.1 Å². The Labute approximate surface area is 137 Å². The molecular formula is C17H18BrNO3. The summed E-state index contributed by atoms with van der Waals surface area (Å²) in [5.41, 5.74) is 1.42. The van der Waals surface area contributed by atoms with Gasteiger partial charge < -0.3 is 9.67 Å². The van der Waals surface area contributed by atoms with E-state index in [-0.39, 0.29) is 5.56 Å². The topological polar surface area (TPSA) is 59.3 Å². The van der Waals surface area contributed by atoms with E-state index in [0.29, 0.717) is 12.1 Å². The Morgan fingerprint density at radius 2 is 1.91 bits per heavy atom. The van der Waals surface area contributed by atoms with E-state index in [4.69, 9.17) is 0 Å². The third-order valence-corrected chi connectivity index (χ3v) is 4.10. The fourth-order valence-electron chi connectivity index (χ4n) is 2.49. The van der Waals surface area contributed by atoms with Gasteiger partial charge in [0, 0.05) is 22.8 Å². The van der Waals surface area contributed by atoms with E-state index in [1.165, 1.54) is 4.57 Å².